The molecule has 2 unspecified atom stereocenters. The van der Waals surface area contributed by atoms with Crippen LogP contribution in [0.25, 0.3) is 0 Å². The Morgan fingerprint density at radius 2 is 1.64 bits per heavy atom. The fraction of sp³-hybridized carbons (Fsp3) is 0.294. The number of fused-ring (bicyclic) bond motifs is 1. The standard InChI is InChI=1S/C17H19BrNO2P/c1-3-19(4-2)22(20)16-12-8-6-10-14(16)17(21-22)13-9-5-7-11-15(13)18/h5-12,17H,3-4H2,1-2H3. The van der Waals surface area contributed by atoms with E-state index in [1.54, 1.807) is 0 Å². The third-order valence-electron chi connectivity index (χ3n) is 4.06. The van der Waals surface area contributed by atoms with E-state index in [2.05, 4.69) is 15.9 Å². The van der Waals surface area contributed by atoms with Crippen LogP contribution in [0.4, 0.5) is 0 Å². The van der Waals surface area contributed by atoms with Gasteiger partial charge in [-0.3, -0.25) is 4.57 Å². The van der Waals surface area contributed by atoms with Crippen molar-refractivity contribution in [3.63, 3.8) is 0 Å². The molecule has 2 atom stereocenters. The molecule has 22 heavy (non-hydrogen) atoms. The van der Waals surface area contributed by atoms with Gasteiger partial charge >= 0.3 is 7.52 Å². The van der Waals surface area contributed by atoms with Crippen molar-refractivity contribution in [2.75, 3.05) is 13.1 Å². The average molecular weight is 380 g/mol. The van der Waals surface area contributed by atoms with Crippen LogP contribution in [0, 0.1) is 0 Å². The first-order valence-electron chi connectivity index (χ1n) is 7.49. The van der Waals surface area contributed by atoms with Gasteiger partial charge in [0.05, 0.1) is 5.30 Å². The van der Waals surface area contributed by atoms with E-state index in [1.807, 2.05) is 67.0 Å². The molecule has 0 aromatic heterocycles. The summed E-state index contributed by atoms with van der Waals surface area (Å²) in [4.78, 5) is 0. The zero-order valence-corrected chi connectivity index (χ0v) is 15.2. The Bertz CT molecular complexity index is 730. The lowest BCUT2D eigenvalue weighted by molar-refractivity contribution is 0.234. The molecule has 0 saturated heterocycles. The minimum absolute atomic E-state index is 0.293. The lowest BCUT2D eigenvalue weighted by Crippen LogP contribution is -2.24. The van der Waals surface area contributed by atoms with E-state index in [0.717, 1.165) is 20.9 Å². The third-order valence-corrected chi connectivity index (χ3v) is 7.61. The van der Waals surface area contributed by atoms with Crippen molar-refractivity contribution in [1.82, 2.24) is 4.67 Å². The summed E-state index contributed by atoms with van der Waals surface area (Å²) in [5.74, 6) is 0. The van der Waals surface area contributed by atoms with E-state index in [1.165, 1.54) is 0 Å². The average Bonchev–Trinajstić information content (AvgIpc) is 2.84. The Morgan fingerprint density at radius 3 is 2.27 bits per heavy atom. The zero-order valence-electron chi connectivity index (χ0n) is 12.7. The maximum atomic E-state index is 13.6. The van der Waals surface area contributed by atoms with Gasteiger partial charge in [0.25, 0.3) is 0 Å². The van der Waals surface area contributed by atoms with Gasteiger partial charge in [0, 0.05) is 23.1 Å². The molecule has 0 spiro atoms. The topological polar surface area (TPSA) is 29.5 Å². The van der Waals surface area contributed by atoms with E-state index in [4.69, 9.17) is 4.52 Å². The van der Waals surface area contributed by atoms with Crippen molar-refractivity contribution in [3.05, 3.63) is 64.1 Å². The summed E-state index contributed by atoms with van der Waals surface area (Å²) in [6.45, 7) is 5.43. The molecular formula is C17H19BrNO2P. The van der Waals surface area contributed by atoms with Gasteiger partial charge in [-0.25, -0.2) is 4.67 Å². The van der Waals surface area contributed by atoms with Crippen LogP contribution >= 0.6 is 23.4 Å². The van der Waals surface area contributed by atoms with Crippen molar-refractivity contribution in [1.29, 1.82) is 0 Å². The van der Waals surface area contributed by atoms with Gasteiger partial charge in [-0.15, -0.1) is 0 Å². The molecule has 5 heteroatoms. The molecule has 1 aliphatic heterocycles. The second-order valence-corrected chi connectivity index (χ2v) is 8.38. The number of benzene rings is 2. The van der Waals surface area contributed by atoms with Crippen LogP contribution in [-0.2, 0) is 9.09 Å². The van der Waals surface area contributed by atoms with Gasteiger partial charge in [-0.2, -0.15) is 0 Å². The fourth-order valence-electron chi connectivity index (χ4n) is 2.95. The molecule has 0 aliphatic carbocycles. The second-order valence-electron chi connectivity index (χ2n) is 5.23. The van der Waals surface area contributed by atoms with Gasteiger partial charge in [0.15, 0.2) is 0 Å². The molecule has 3 rings (SSSR count). The summed E-state index contributed by atoms with van der Waals surface area (Å²) in [7, 11) is -3.00. The summed E-state index contributed by atoms with van der Waals surface area (Å²) in [6.07, 6.45) is -0.293. The maximum absolute atomic E-state index is 13.6. The number of rotatable bonds is 4. The van der Waals surface area contributed by atoms with Crippen LogP contribution in [-0.4, -0.2) is 17.8 Å². The van der Waals surface area contributed by atoms with Gasteiger partial charge in [-0.05, 0) is 17.7 Å². The normalized spacial score (nSPS) is 23.7. The summed E-state index contributed by atoms with van der Waals surface area (Å²) < 4.78 is 22.7. The summed E-state index contributed by atoms with van der Waals surface area (Å²) >= 11 is 3.58. The largest absolute Gasteiger partial charge is 0.303 e. The highest BCUT2D eigenvalue weighted by atomic mass is 79.9. The molecule has 2 aromatic carbocycles. The Hall–Kier alpha value is -0.930. The SMILES string of the molecule is CCN(CC)P1(=O)OC(c2ccccc2Br)c2ccccc21. The second kappa shape index (κ2) is 6.29. The van der Waals surface area contributed by atoms with Crippen molar-refractivity contribution >= 4 is 28.8 Å². The Kier molecular flexibility index (Phi) is 4.56. The van der Waals surface area contributed by atoms with Crippen LogP contribution in [0.15, 0.2) is 53.0 Å². The van der Waals surface area contributed by atoms with E-state index in [9.17, 15) is 4.57 Å². The molecule has 3 nitrogen and oxygen atoms in total. The first-order valence-corrected chi connectivity index (χ1v) is 9.86. The van der Waals surface area contributed by atoms with E-state index >= 15 is 0 Å². The van der Waals surface area contributed by atoms with Gasteiger partial charge in [-0.1, -0.05) is 66.2 Å². The molecule has 0 fully saturated rings. The molecule has 1 aliphatic rings. The van der Waals surface area contributed by atoms with Crippen LogP contribution in [0.3, 0.4) is 0 Å². The van der Waals surface area contributed by atoms with Crippen LogP contribution in [0.2, 0.25) is 0 Å². The van der Waals surface area contributed by atoms with Gasteiger partial charge in [0.2, 0.25) is 0 Å². The predicted molar refractivity (Wildman–Crippen MR) is 93.7 cm³/mol. The van der Waals surface area contributed by atoms with E-state index in [-0.39, 0.29) is 6.10 Å². The molecular weight excluding hydrogens is 361 g/mol. The highest BCUT2D eigenvalue weighted by molar-refractivity contribution is 9.10. The van der Waals surface area contributed by atoms with Crippen LogP contribution in [0.1, 0.15) is 31.1 Å². The number of hydrogen-bond donors (Lipinski definition) is 0. The molecule has 2 aromatic rings. The van der Waals surface area contributed by atoms with Crippen molar-refractivity contribution in [3.8, 4) is 0 Å². The number of hydrogen-bond acceptors (Lipinski definition) is 2. The highest BCUT2D eigenvalue weighted by Crippen LogP contribution is 2.60. The molecule has 0 amide bonds. The molecule has 0 N–H and O–H groups in total. The van der Waals surface area contributed by atoms with Crippen LogP contribution < -0.4 is 5.30 Å². The predicted octanol–water partition coefficient (Wildman–Crippen LogP) is 4.73. The van der Waals surface area contributed by atoms with Crippen molar-refractivity contribution < 1.29 is 9.09 Å². The Labute approximate surface area is 139 Å². The fourth-order valence-corrected chi connectivity index (χ4v) is 6.04. The molecule has 1 heterocycles. The van der Waals surface area contributed by atoms with E-state index in [0.29, 0.717) is 13.1 Å². The number of nitrogens with zero attached hydrogens (tertiary/aromatic N) is 1. The Balaban J connectivity index is 2.14. The highest BCUT2D eigenvalue weighted by Gasteiger charge is 2.45. The Morgan fingerprint density at radius 1 is 1.05 bits per heavy atom. The smallest absolute Gasteiger partial charge is 0.301 e. The van der Waals surface area contributed by atoms with Crippen LogP contribution in [0.5, 0.6) is 0 Å². The summed E-state index contributed by atoms with van der Waals surface area (Å²) in [5, 5.41) is 0.833. The zero-order chi connectivity index (χ0) is 15.7. The lowest BCUT2D eigenvalue weighted by Gasteiger charge is -2.26. The molecule has 0 bridgehead atoms. The van der Waals surface area contributed by atoms with Gasteiger partial charge in [0.1, 0.15) is 6.10 Å². The number of halogens is 1. The lowest BCUT2D eigenvalue weighted by atomic mass is 10.0. The summed E-state index contributed by atoms with van der Waals surface area (Å²) in [5.41, 5.74) is 2.02. The van der Waals surface area contributed by atoms with E-state index < -0.39 is 7.52 Å². The molecule has 116 valence electrons. The summed E-state index contributed by atoms with van der Waals surface area (Å²) in [6, 6.07) is 15.8. The van der Waals surface area contributed by atoms with Crippen molar-refractivity contribution in [2.24, 2.45) is 0 Å². The minimum Gasteiger partial charge on any atom is -0.301 e. The third kappa shape index (κ3) is 2.48. The first-order chi connectivity index (χ1) is 10.6. The first kappa shape index (κ1) is 15.9. The quantitative estimate of drug-likeness (QED) is 0.719. The van der Waals surface area contributed by atoms with Gasteiger partial charge < -0.3 is 4.52 Å². The molecule has 0 saturated carbocycles. The van der Waals surface area contributed by atoms with Crippen molar-refractivity contribution in [2.45, 2.75) is 20.0 Å². The molecule has 0 radical (unpaired) electrons. The maximum Gasteiger partial charge on any atom is 0.303 e. The minimum atomic E-state index is -3.00. The monoisotopic (exact) mass is 379 g/mol.